The van der Waals surface area contributed by atoms with Crippen molar-refractivity contribution in [1.29, 1.82) is 0 Å². The third-order valence-electron chi connectivity index (χ3n) is 3.91. The zero-order valence-corrected chi connectivity index (χ0v) is 15.3. The molecule has 1 fully saturated rings. The number of amidine groups is 1. The number of ether oxygens (including phenoxy) is 1. The van der Waals surface area contributed by atoms with E-state index in [2.05, 4.69) is 10.3 Å². The number of methoxy groups -OCH3 is 1. The minimum atomic E-state index is -0.190. The van der Waals surface area contributed by atoms with Crippen molar-refractivity contribution in [2.45, 2.75) is 0 Å². The van der Waals surface area contributed by atoms with Gasteiger partial charge < -0.3 is 14.5 Å². The summed E-state index contributed by atoms with van der Waals surface area (Å²) in [7, 11) is 1.61. The Morgan fingerprint density at radius 1 is 1.04 bits per heavy atom. The monoisotopic (exact) mass is 376 g/mol. The maximum absolute atomic E-state index is 12.2. The lowest BCUT2D eigenvalue weighted by Crippen LogP contribution is -2.19. The molecule has 2 heterocycles. The van der Waals surface area contributed by atoms with Crippen molar-refractivity contribution in [2.24, 2.45) is 4.99 Å². The lowest BCUT2D eigenvalue weighted by Gasteiger charge is -1.99. The van der Waals surface area contributed by atoms with Crippen LogP contribution in [0.1, 0.15) is 5.76 Å². The largest absolute Gasteiger partial charge is 0.497 e. The van der Waals surface area contributed by atoms with Crippen LogP contribution in [0.15, 0.2) is 81.0 Å². The standard InChI is InChI=1S/C21H16N2O3S/c1-25-16-9-7-15(8-10-16)22-21-23-20(24)19(27-21)13-17-11-12-18(26-17)14-5-3-2-4-6-14/h2-13H,1H3,(H,22,23,24)/b19-13+. The van der Waals surface area contributed by atoms with Crippen LogP contribution in [0.5, 0.6) is 5.75 Å². The lowest BCUT2D eigenvalue weighted by molar-refractivity contribution is -0.115. The molecular formula is C21H16N2O3S. The van der Waals surface area contributed by atoms with Gasteiger partial charge in [-0.05, 0) is 48.2 Å². The van der Waals surface area contributed by atoms with Gasteiger partial charge in [0.2, 0.25) is 0 Å². The van der Waals surface area contributed by atoms with Crippen LogP contribution >= 0.6 is 11.8 Å². The van der Waals surface area contributed by atoms with Crippen molar-refractivity contribution >= 4 is 34.6 Å². The molecule has 1 aromatic heterocycles. The molecule has 1 aliphatic heterocycles. The van der Waals surface area contributed by atoms with Gasteiger partial charge in [-0.25, -0.2) is 4.99 Å². The fraction of sp³-hybridized carbons (Fsp3) is 0.0476. The lowest BCUT2D eigenvalue weighted by atomic mass is 10.2. The molecule has 3 aromatic rings. The van der Waals surface area contributed by atoms with Gasteiger partial charge in [0.15, 0.2) is 5.17 Å². The van der Waals surface area contributed by atoms with Crippen molar-refractivity contribution in [2.75, 3.05) is 7.11 Å². The van der Waals surface area contributed by atoms with Crippen LogP contribution in [-0.4, -0.2) is 18.2 Å². The van der Waals surface area contributed by atoms with Gasteiger partial charge in [-0.15, -0.1) is 0 Å². The summed E-state index contributed by atoms with van der Waals surface area (Å²) in [6.45, 7) is 0. The molecule has 1 N–H and O–H groups in total. The van der Waals surface area contributed by atoms with Gasteiger partial charge in [0.05, 0.1) is 17.7 Å². The van der Waals surface area contributed by atoms with Gasteiger partial charge in [0.1, 0.15) is 17.3 Å². The molecule has 5 nitrogen and oxygen atoms in total. The van der Waals surface area contributed by atoms with Crippen LogP contribution in [0, 0.1) is 0 Å². The minimum absolute atomic E-state index is 0.190. The molecule has 0 bridgehead atoms. The Hall–Kier alpha value is -3.25. The number of thioether (sulfide) groups is 1. The Labute approximate surface area is 160 Å². The van der Waals surface area contributed by atoms with E-state index < -0.39 is 0 Å². The number of aliphatic imine (C=N–C) groups is 1. The first-order chi connectivity index (χ1) is 13.2. The van der Waals surface area contributed by atoms with Crippen LogP contribution in [0.4, 0.5) is 5.69 Å². The summed E-state index contributed by atoms with van der Waals surface area (Å²) in [5.74, 6) is 1.95. The molecule has 0 radical (unpaired) electrons. The number of carbonyl (C=O) groups is 1. The van der Waals surface area contributed by atoms with Crippen molar-refractivity contribution in [3.05, 3.63) is 77.4 Å². The summed E-state index contributed by atoms with van der Waals surface area (Å²) in [5, 5.41) is 3.31. The van der Waals surface area contributed by atoms with Crippen LogP contribution in [-0.2, 0) is 4.79 Å². The molecule has 1 amide bonds. The van der Waals surface area contributed by atoms with E-state index in [1.165, 1.54) is 11.8 Å². The third kappa shape index (κ3) is 3.96. The van der Waals surface area contributed by atoms with Gasteiger partial charge in [-0.3, -0.25) is 4.79 Å². The highest BCUT2D eigenvalue weighted by Crippen LogP contribution is 2.30. The highest BCUT2D eigenvalue weighted by Gasteiger charge is 2.24. The minimum Gasteiger partial charge on any atom is -0.497 e. The Morgan fingerprint density at radius 3 is 2.56 bits per heavy atom. The van der Waals surface area contributed by atoms with Crippen LogP contribution in [0.3, 0.4) is 0 Å². The molecule has 0 saturated carbocycles. The molecule has 0 aliphatic carbocycles. The predicted octanol–water partition coefficient (Wildman–Crippen LogP) is 4.85. The molecule has 0 unspecified atom stereocenters. The summed E-state index contributed by atoms with van der Waals surface area (Å²) in [4.78, 5) is 17.2. The van der Waals surface area contributed by atoms with E-state index in [1.54, 1.807) is 13.2 Å². The summed E-state index contributed by atoms with van der Waals surface area (Å²) in [6.07, 6.45) is 1.73. The molecule has 0 spiro atoms. The quantitative estimate of drug-likeness (QED) is 0.662. The SMILES string of the molecule is COc1ccc(N=C2NC(=O)/C(=C\c3ccc(-c4ccccc4)o3)S2)cc1. The van der Waals surface area contributed by atoms with E-state index in [4.69, 9.17) is 9.15 Å². The summed E-state index contributed by atoms with van der Waals surface area (Å²) in [5.41, 5.74) is 1.73. The average Bonchev–Trinajstić information content (AvgIpc) is 3.30. The number of carbonyl (C=O) groups excluding carboxylic acids is 1. The highest BCUT2D eigenvalue weighted by atomic mass is 32.2. The first kappa shape index (κ1) is 17.2. The number of furan rings is 1. The Kier molecular flexibility index (Phi) is 4.80. The molecule has 0 atom stereocenters. The molecular weight excluding hydrogens is 360 g/mol. The van der Waals surface area contributed by atoms with E-state index >= 15 is 0 Å². The van der Waals surface area contributed by atoms with E-state index in [0.717, 1.165) is 22.8 Å². The van der Waals surface area contributed by atoms with Gasteiger partial charge in [-0.2, -0.15) is 0 Å². The third-order valence-corrected chi connectivity index (χ3v) is 4.82. The van der Waals surface area contributed by atoms with Gasteiger partial charge >= 0.3 is 0 Å². The maximum Gasteiger partial charge on any atom is 0.264 e. The van der Waals surface area contributed by atoms with Crippen molar-refractivity contribution < 1.29 is 13.9 Å². The van der Waals surface area contributed by atoms with Crippen molar-refractivity contribution in [3.8, 4) is 17.1 Å². The number of benzene rings is 2. The van der Waals surface area contributed by atoms with Gasteiger partial charge in [-0.1, -0.05) is 30.3 Å². The summed E-state index contributed by atoms with van der Waals surface area (Å²) < 4.78 is 11.0. The zero-order chi connectivity index (χ0) is 18.6. The van der Waals surface area contributed by atoms with Crippen molar-refractivity contribution in [3.63, 3.8) is 0 Å². The van der Waals surface area contributed by atoms with E-state index in [9.17, 15) is 4.79 Å². The van der Waals surface area contributed by atoms with Crippen LogP contribution in [0.25, 0.3) is 17.4 Å². The number of amides is 1. The normalized spacial score (nSPS) is 16.7. The number of hydrogen-bond acceptors (Lipinski definition) is 5. The number of nitrogens with one attached hydrogen (secondary N) is 1. The molecule has 27 heavy (non-hydrogen) atoms. The molecule has 2 aromatic carbocycles. The zero-order valence-electron chi connectivity index (χ0n) is 14.5. The second-order valence-corrected chi connectivity index (χ2v) is 6.78. The van der Waals surface area contributed by atoms with E-state index in [1.807, 2.05) is 66.7 Å². The second kappa shape index (κ2) is 7.55. The predicted molar refractivity (Wildman–Crippen MR) is 108 cm³/mol. The molecule has 1 aliphatic rings. The highest BCUT2D eigenvalue weighted by molar-refractivity contribution is 8.18. The molecule has 4 rings (SSSR count). The second-order valence-electron chi connectivity index (χ2n) is 5.75. The fourth-order valence-electron chi connectivity index (χ4n) is 2.57. The maximum atomic E-state index is 12.2. The van der Waals surface area contributed by atoms with Crippen molar-refractivity contribution in [1.82, 2.24) is 5.32 Å². The fourth-order valence-corrected chi connectivity index (χ4v) is 3.39. The van der Waals surface area contributed by atoms with Crippen LogP contribution < -0.4 is 10.1 Å². The number of hydrogen-bond donors (Lipinski definition) is 1. The van der Waals surface area contributed by atoms with Crippen LogP contribution in [0.2, 0.25) is 0 Å². The molecule has 134 valence electrons. The topological polar surface area (TPSA) is 63.8 Å². The van der Waals surface area contributed by atoms with E-state index in [0.29, 0.717) is 15.8 Å². The smallest absolute Gasteiger partial charge is 0.264 e. The number of nitrogens with zero attached hydrogens (tertiary/aromatic N) is 1. The Balaban J connectivity index is 1.52. The summed E-state index contributed by atoms with van der Waals surface area (Å²) in [6, 6.07) is 20.9. The van der Waals surface area contributed by atoms with E-state index in [-0.39, 0.29) is 5.91 Å². The summed E-state index contributed by atoms with van der Waals surface area (Å²) >= 11 is 1.28. The average molecular weight is 376 g/mol. The molecule has 1 saturated heterocycles. The number of rotatable bonds is 4. The van der Waals surface area contributed by atoms with Gasteiger partial charge in [0.25, 0.3) is 5.91 Å². The Bertz CT molecular complexity index is 1020. The Morgan fingerprint density at radius 2 is 1.81 bits per heavy atom. The van der Waals surface area contributed by atoms with Gasteiger partial charge in [0, 0.05) is 11.6 Å². The first-order valence-corrected chi connectivity index (χ1v) is 9.12. The molecule has 6 heteroatoms. The first-order valence-electron chi connectivity index (χ1n) is 8.30.